The lowest BCUT2D eigenvalue weighted by molar-refractivity contribution is 0.0563. The second-order valence-corrected chi connectivity index (χ2v) is 4.62. The number of esters is 1. The van der Waals surface area contributed by atoms with Crippen molar-refractivity contribution >= 4 is 17.7 Å². The molecule has 0 spiro atoms. The van der Waals surface area contributed by atoms with Crippen molar-refractivity contribution in [3.63, 3.8) is 0 Å². The van der Waals surface area contributed by atoms with E-state index in [0.717, 1.165) is 17.7 Å². The Labute approximate surface area is 106 Å². The van der Waals surface area contributed by atoms with E-state index in [9.17, 15) is 4.79 Å². The smallest absolute Gasteiger partial charge is 0.374 e. The summed E-state index contributed by atoms with van der Waals surface area (Å²) in [6.07, 6.45) is 4.66. The van der Waals surface area contributed by atoms with Crippen molar-refractivity contribution in [2.45, 2.75) is 25.9 Å². The van der Waals surface area contributed by atoms with Gasteiger partial charge in [0.2, 0.25) is 5.76 Å². The van der Waals surface area contributed by atoms with Gasteiger partial charge in [0, 0.05) is 23.9 Å². The molecule has 1 unspecified atom stereocenters. The van der Waals surface area contributed by atoms with Crippen molar-refractivity contribution in [2.75, 3.05) is 19.1 Å². The second-order valence-electron chi connectivity index (χ2n) is 3.71. The highest BCUT2D eigenvalue weighted by atomic mass is 32.2. The first kappa shape index (κ1) is 14.1. The highest BCUT2D eigenvalue weighted by Gasteiger charge is 2.16. The lowest BCUT2D eigenvalue weighted by atomic mass is 10.2. The van der Waals surface area contributed by atoms with E-state index in [1.54, 1.807) is 6.07 Å². The number of methoxy groups -OCH3 is 1. The minimum atomic E-state index is -0.426. The quantitative estimate of drug-likeness (QED) is 0.760. The van der Waals surface area contributed by atoms with Crippen LogP contribution < -0.4 is 5.32 Å². The summed E-state index contributed by atoms with van der Waals surface area (Å²) in [6.45, 7) is 2.77. The van der Waals surface area contributed by atoms with Gasteiger partial charge >= 0.3 is 5.97 Å². The molecule has 0 fully saturated rings. The molecular weight excluding hydrogens is 238 g/mol. The molecule has 1 N–H and O–H groups in total. The van der Waals surface area contributed by atoms with Gasteiger partial charge in [-0.05, 0) is 18.7 Å². The van der Waals surface area contributed by atoms with Gasteiger partial charge in [-0.25, -0.2) is 4.79 Å². The van der Waals surface area contributed by atoms with Gasteiger partial charge in [0.05, 0.1) is 13.4 Å². The van der Waals surface area contributed by atoms with E-state index in [2.05, 4.69) is 23.2 Å². The first-order valence-corrected chi connectivity index (χ1v) is 6.99. The molecule has 1 heterocycles. The van der Waals surface area contributed by atoms with Crippen molar-refractivity contribution in [2.24, 2.45) is 0 Å². The van der Waals surface area contributed by atoms with Gasteiger partial charge in [-0.2, -0.15) is 11.8 Å². The van der Waals surface area contributed by atoms with Crippen LogP contribution in [0.5, 0.6) is 0 Å². The van der Waals surface area contributed by atoms with Crippen molar-refractivity contribution in [1.29, 1.82) is 0 Å². The third-order valence-electron chi connectivity index (χ3n) is 2.56. The van der Waals surface area contributed by atoms with Gasteiger partial charge in [0.1, 0.15) is 0 Å². The Kier molecular flexibility index (Phi) is 6.15. The first-order chi connectivity index (χ1) is 8.22. The number of ether oxygens (including phenoxy) is 1. The van der Waals surface area contributed by atoms with Crippen LogP contribution in [-0.4, -0.2) is 31.1 Å². The summed E-state index contributed by atoms with van der Waals surface area (Å²) >= 11 is 1.81. The van der Waals surface area contributed by atoms with Gasteiger partial charge in [-0.1, -0.05) is 6.92 Å². The summed E-state index contributed by atoms with van der Waals surface area (Å²) in [5.41, 5.74) is 0.844. The molecular formula is C12H19NO3S. The van der Waals surface area contributed by atoms with Gasteiger partial charge in [0.15, 0.2) is 0 Å². The SMILES string of the molecule is CCC(CSC)NCc1ccoc1C(=O)OC. The third kappa shape index (κ3) is 4.09. The van der Waals surface area contributed by atoms with Crippen LogP contribution in [-0.2, 0) is 11.3 Å². The van der Waals surface area contributed by atoms with E-state index < -0.39 is 5.97 Å². The fraction of sp³-hybridized carbons (Fsp3) is 0.583. The van der Waals surface area contributed by atoms with E-state index in [-0.39, 0.29) is 0 Å². The van der Waals surface area contributed by atoms with E-state index in [4.69, 9.17) is 4.42 Å². The molecule has 0 saturated carbocycles. The minimum absolute atomic E-state index is 0.291. The lowest BCUT2D eigenvalue weighted by Crippen LogP contribution is -2.30. The Balaban J connectivity index is 2.56. The number of rotatable bonds is 7. The summed E-state index contributed by atoms with van der Waals surface area (Å²) in [5, 5.41) is 3.40. The van der Waals surface area contributed by atoms with Crippen molar-refractivity contribution < 1.29 is 13.9 Å². The van der Waals surface area contributed by atoms with Gasteiger partial charge < -0.3 is 14.5 Å². The number of nitrogens with one attached hydrogen (secondary N) is 1. The van der Waals surface area contributed by atoms with Crippen molar-refractivity contribution in [3.8, 4) is 0 Å². The molecule has 0 saturated heterocycles. The molecule has 96 valence electrons. The standard InChI is InChI=1S/C12H19NO3S/c1-4-10(8-17-3)13-7-9-5-6-16-11(9)12(14)15-2/h5-6,10,13H,4,7-8H2,1-3H3. The maximum absolute atomic E-state index is 11.4. The summed E-state index contributed by atoms with van der Waals surface area (Å²) in [6, 6.07) is 2.25. The largest absolute Gasteiger partial charge is 0.463 e. The maximum Gasteiger partial charge on any atom is 0.374 e. The molecule has 0 amide bonds. The van der Waals surface area contributed by atoms with Crippen molar-refractivity contribution in [1.82, 2.24) is 5.32 Å². The Morgan fingerprint density at radius 2 is 2.41 bits per heavy atom. The number of thioether (sulfide) groups is 1. The Morgan fingerprint density at radius 1 is 1.65 bits per heavy atom. The maximum atomic E-state index is 11.4. The zero-order valence-corrected chi connectivity index (χ0v) is 11.3. The summed E-state index contributed by atoms with van der Waals surface area (Å²) in [7, 11) is 1.35. The molecule has 1 atom stereocenters. The summed E-state index contributed by atoms with van der Waals surface area (Å²) in [5.74, 6) is 0.922. The molecule has 0 aliphatic rings. The molecule has 4 nitrogen and oxygen atoms in total. The molecule has 1 rings (SSSR count). The van der Waals surface area contributed by atoms with Crippen LogP contribution in [0.25, 0.3) is 0 Å². The fourth-order valence-electron chi connectivity index (χ4n) is 1.52. The third-order valence-corrected chi connectivity index (χ3v) is 3.30. The predicted octanol–water partition coefficient (Wildman–Crippen LogP) is 2.30. The molecule has 0 aliphatic heterocycles. The van der Waals surface area contributed by atoms with Crippen LogP contribution in [0, 0.1) is 0 Å². The van der Waals surface area contributed by atoms with Gasteiger partial charge in [-0.3, -0.25) is 0 Å². The molecule has 0 bridgehead atoms. The van der Waals surface area contributed by atoms with Crippen LogP contribution in [0.4, 0.5) is 0 Å². The summed E-state index contributed by atoms with van der Waals surface area (Å²) < 4.78 is 9.77. The number of carbonyl (C=O) groups excluding carboxylic acids is 1. The molecule has 0 aromatic carbocycles. The van der Waals surface area contributed by atoms with E-state index in [1.807, 2.05) is 11.8 Å². The fourth-order valence-corrected chi connectivity index (χ4v) is 2.28. The van der Waals surface area contributed by atoms with E-state index >= 15 is 0 Å². The van der Waals surface area contributed by atoms with Crippen LogP contribution in [0.1, 0.15) is 29.5 Å². The zero-order chi connectivity index (χ0) is 12.7. The van der Waals surface area contributed by atoms with Gasteiger partial charge in [-0.15, -0.1) is 0 Å². The molecule has 0 radical (unpaired) electrons. The molecule has 0 aliphatic carbocycles. The lowest BCUT2D eigenvalue weighted by Gasteiger charge is -2.15. The van der Waals surface area contributed by atoms with Crippen LogP contribution in [0.3, 0.4) is 0 Å². The Bertz CT molecular complexity index is 351. The Hall–Kier alpha value is -0.940. The summed E-state index contributed by atoms with van der Waals surface area (Å²) in [4.78, 5) is 11.4. The molecule has 17 heavy (non-hydrogen) atoms. The number of carbonyl (C=O) groups is 1. The molecule has 1 aromatic rings. The average Bonchev–Trinajstić information content (AvgIpc) is 2.81. The zero-order valence-electron chi connectivity index (χ0n) is 10.5. The van der Waals surface area contributed by atoms with Crippen LogP contribution in [0.15, 0.2) is 16.7 Å². The average molecular weight is 257 g/mol. The van der Waals surface area contributed by atoms with E-state index in [0.29, 0.717) is 18.3 Å². The molecule has 5 heteroatoms. The van der Waals surface area contributed by atoms with Gasteiger partial charge in [0.25, 0.3) is 0 Å². The number of furan rings is 1. The first-order valence-electron chi connectivity index (χ1n) is 5.59. The van der Waals surface area contributed by atoms with Crippen LogP contribution >= 0.6 is 11.8 Å². The highest BCUT2D eigenvalue weighted by molar-refractivity contribution is 7.98. The monoisotopic (exact) mass is 257 g/mol. The van der Waals surface area contributed by atoms with Crippen LogP contribution in [0.2, 0.25) is 0 Å². The predicted molar refractivity (Wildman–Crippen MR) is 69.3 cm³/mol. The molecule has 1 aromatic heterocycles. The Morgan fingerprint density at radius 3 is 3.00 bits per heavy atom. The van der Waals surface area contributed by atoms with Crippen molar-refractivity contribution in [3.05, 3.63) is 23.7 Å². The normalized spacial score (nSPS) is 12.4. The number of hydrogen-bond donors (Lipinski definition) is 1. The topological polar surface area (TPSA) is 51.5 Å². The minimum Gasteiger partial charge on any atom is -0.463 e. The number of hydrogen-bond acceptors (Lipinski definition) is 5. The second kappa shape index (κ2) is 7.40. The highest BCUT2D eigenvalue weighted by Crippen LogP contribution is 2.12. The van der Waals surface area contributed by atoms with E-state index in [1.165, 1.54) is 13.4 Å².